The van der Waals surface area contributed by atoms with E-state index in [0.717, 1.165) is 5.56 Å². The molecule has 3 aliphatic rings. The van der Waals surface area contributed by atoms with Gasteiger partial charge in [-0.1, -0.05) is 42.5 Å². The van der Waals surface area contributed by atoms with Gasteiger partial charge < -0.3 is 40.4 Å². The molecule has 1 heterocycles. The number of ketones is 3. The fourth-order valence-electron chi connectivity index (χ4n) is 6.34. The van der Waals surface area contributed by atoms with Gasteiger partial charge in [0, 0.05) is 42.0 Å². The molecule has 0 bridgehead atoms. The number of rotatable bonds is 6. The standard InChI is InChI=1S/C33H33NO10.ClH/c1-15-28(36)20(34)11-23(43-15)44-22-13-33(41,16(2)35)12-19-25(22)32(40)27-26(30(19)38)29(37)18-9-6-10-21(24(18)31(27)39)42-14-17-7-4-3-5-8-17;/h3-10,15,20,22-23,28,36,38,40-41H,11-14,34H2,1-2H3;1H. The van der Waals surface area contributed by atoms with Crippen LogP contribution in [0.4, 0.5) is 0 Å². The van der Waals surface area contributed by atoms with Crippen molar-refractivity contribution in [2.24, 2.45) is 5.73 Å². The van der Waals surface area contributed by atoms with Crippen molar-refractivity contribution in [3.05, 3.63) is 87.5 Å². The maximum Gasteiger partial charge on any atom is 0.202 e. The van der Waals surface area contributed by atoms with Gasteiger partial charge in [0.25, 0.3) is 0 Å². The van der Waals surface area contributed by atoms with Crippen LogP contribution >= 0.6 is 12.4 Å². The van der Waals surface area contributed by atoms with Crippen LogP contribution in [0.2, 0.25) is 0 Å². The first-order chi connectivity index (χ1) is 20.9. The molecule has 3 aromatic rings. The maximum atomic E-state index is 14.1. The molecule has 0 amide bonds. The van der Waals surface area contributed by atoms with E-state index in [1.165, 1.54) is 13.0 Å². The summed E-state index contributed by atoms with van der Waals surface area (Å²) < 4.78 is 17.9. The van der Waals surface area contributed by atoms with Gasteiger partial charge in [0.1, 0.15) is 29.5 Å². The Kier molecular flexibility index (Phi) is 8.80. The average molecular weight is 640 g/mol. The summed E-state index contributed by atoms with van der Waals surface area (Å²) in [7, 11) is 0. The second-order valence-corrected chi connectivity index (χ2v) is 11.7. The van der Waals surface area contributed by atoms with Gasteiger partial charge in [0.15, 0.2) is 17.9 Å². The van der Waals surface area contributed by atoms with Crippen molar-refractivity contribution < 1.29 is 49.0 Å². The largest absolute Gasteiger partial charge is 0.507 e. The number of carbonyl (C=O) groups is 3. The molecular formula is C33H34ClNO10. The molecule has 6 unspecified atom stereocenters. The summed E-state index contributed by atoms with van der Waals surface area (Å²) in [6.45, 7) is 2.91. The van der Waals surface area contributed by atoms with E-state index in [2.05, 4.69) is 0 Å². The second kappa shape index (κ2) is 12.2. The Balaban J connectivity index is 0.00000400. The quantitative estimate of drug-likeness (QED) is 0.195. The Bertz CT molecular complexity index is 1670. The van der Waals surface area contributed by atoms with Crippen molar-refractivity contribution >= 4 is 29.8 Å². The Morgan fingerprint density at radius 1 is 1.02 bits per heavy atom. The minimum Gasteiger partial charge on any atom is -0.507 e. The third-order valence-electron chi connectivity index (χ3n) is 8.82. The fraction of sp³-hybridized carbons (Fsp3) is 0.364. The van der Waals surface area contributed by atoms with E-state index >= 15 is 0 Å². The van der Waals surface area contributed by atoms with Crippen molar-refractivity contribution in [2.45, 2.75) is 76.0 Å². The normalized spacial score (nSPS) is 27.1. The van der Waals surface area contributed by atoms with Gasteiger partial charge in [-0.2, -0.15) is 0 Å². The molecule has 0 saturated carbocycles. The topological polar surface area (TPSA) is 186 Å². The number of nitrogens with two attached hydrogens (primary N) is 1. The maximum absolute atomic E-state index is 14.1. The predicted molar refractivity (Wildman–Crippen MR) is 162 cm³/mol. The van der Waals surface area contributed by atoms with Crippen molar-refractivity contribution in [1.82, 2.24) is 0 Å². The molecule has 11 nitrogen and oxygen atoms in total. The number of fused-ring (bicyclic) bond motifs is 3. The van der Waals surface area contributed by atoms with Crippen molar-refractivity contribution in [1.29, 1.82) is 0 Å². The number of phenols is 2. The van der Waals surface area contributed by atoms with Gasteiger partial charge in [0.2, 0.25) is 5.78 Å². The lowest BCUT2D eigenvalue weighted by Gasteiger charge is -2.42. The zero-order chi connectivity index (χ0) is 31.5. The van der Waals surface area contributed by atoms with E-state index in [1.54, 1.807) is 19.1 Å². The summed E-state index contributed by atoms with van der Waals surface area (Å²) in [6, 6.07) is 13.1. The Labute approximate surface area is 264 Å². The molecule has 6 rings (SSSR count). The number of benzene rings is 3. The summed E-state index contributed by atoms with van der Waals surface area (Å²) >= 11 is 0. The minimum absolute atomic E-state index is 0. The number of hydrogen-bond acceptors (Lipinski definition) is 11. The molecule has 0 radical (unpaired) electrons. The summed E-state index contributed by atoms with van der Waals surface area (Å²) in [5.41, 5.74) is 3.79. The number of phenolic OH excluding ortho intramolecular Hbond substituents is 2. The molecule has 0 aromatic heterocycles. The number of ether oxygens (including phenoxy) is 3. The SMILES string of the molecule is CC(=O)C1(O)Cc2c(O)c3c(c(O)c2C(OC2CC(N)C(O)C(C)O2)C1)C(=O)c1c(OCc2ccccc2)cccc1C3=O.Cl. The zero-order valence-corrected chi connectivity index (χ0v) is 25.4. The first-order valence-electron chi connectivity index (χ1n) is 14.4. The molecule has 1 fully saturated rings. The van der Waals surface area contributed by atoms with Crippen LogP contribution in [0.25, 0.3) is 0 Å². The molecule has 45 heavy (non-hydrogen) atoms. The molecule has 1 aliphatic heterocycles. The van der Waals surface area contributed by atoms with Gasteiger partial charge in [-0.3, -0.25) is 14.4 Å². The molecule has 2 aliphatic carbocycles. The number of hydrogen-bond donors (Lipinski definition) is 5. The first-order valence-corrected chi connectivity index (χ1v) is 14.4. The van der Waals surface area contributed by atoms with Crippen LogP contribution < -0.4 is 10.5 Å². The third-order valence-corrected chi connectivity index (χ3v) is 8.82. The molecule has 0 spiro atoms. The summed E-state index contributed by atoms with van der Waals surface area (Å²) in [5.74, 6) is -3.21. The lowest BCUT2D eigenvalue weighted by molar-refractivity contribution is -0.247. The van der Waals surface area contributed by atoms with Crippen molar-refractivity contribution in [2.75, 3.05) is 0 Å². The predicted octanol–water partition coefficient (Wildman–Crippen LogP) is 3.02. The summed E-state index contributed by atoms with van der Waals surface area (Å²) in [6.07, 6.45) is -4.62. The van der Waals surface area contributed by atoms with E-state index in [1.807, 2.05) is 30.3 Å². The highest BCUT2D eigenvalue weighted by atomic mass is 35.5. The molecule has 12 heteroatoms. The van der Waals surface area contributed by atoms with Gasteiger partial charge in [-0.05, 0) is 25.5 Å². The molecule has 1 saturated heterocycles. The summed E-state index contributed by atoms with van der Waals surface area (Å²) in [4.78, 5) is 40.5. The lowest BCUT2D eigenvalue weighted by atomic mass is 9.72. The molecule has 6 atom stereocenters. The number of Topliss-reactive ketones (excluding diaryl/α,β-unsaturated/α-hetero) is 1. The molecule has 6 N–H and O–H groups in total. The highest BCUT2D eigenvalue weighted by molar-refractivity contribution is 6.31. The minimum atomic E-state index is -2.02. The lowest BCUT2D eigenvalue weighted by Crippen LogP contribution is -2.52. The van der Waals surface area contributed by atoms with Crippen LogP contribution in [0.15, 0.2) is 48.5 Å². The molecule has 3 aromatic carbocycles. The van der Waals surface area contributed by atoms with Crippen LogP contribution in [-0.4, -0.2) is 67.9 Å². The van der Waals surface area contributed by atoms with E-state index in [0.29, 0.717) is 0 Å². The van der Waals surface area contributed by atoms with E-state index < -0.39 is 82.6 Å². The van der Waals surface area contributed by atoms with Gasteiger partial charge in [-0.15, -0.1) is 12.4 Å². The number of halogens is 1. The monoisotopic (exact) mass is 639 g/mol. The smallest absolute Gasteiger partial charge is 0.202 e. The number of aliphatic hydroxyl groups excluding tert-OH is 1. The van der Waals surface area contributed by atoms with Crippen LogP contribution in [-0.2, 0) is 27.3 Å². The Morgan fingerprint density at radius 2 is 1.71 bits per heavy atom. The van der Waals surface area contributed by atoms with E-state index in [4.69, 9.17) is 19.9 Å². The number of aromatic hydroxyl groups is 2. The van der Waals surface area contributed by atoms with Crippen LogP contribution in [0, 0.1) is 0 Å². The molecule has 238 valence electrons. The van der Waals surface area contributed by atoms with E-state index in [9.17, 15) is 34.8 Å². The molecular weight excluding hydrogens is 606 g/mol. The number of aliphatic hydroxyl groups is 2. The first kappa shape index (κ1) is 32.6. The van der Waals surface area contributed by atoms with Crippen LogP contribution in [0.5, 0.6) is 17.2 Å². The highest BCUT2D eigenvalue weighted by Gasteiger charge is 2.49. The van der Waals surface area contributed by atoms with Crippen molar-refractivity contribution in [3.8, 4) is 17.2 Å². The Hall–Kier alpha value is -3.84. The van der Waals surface area contributed by atoms with Crippen LogP contribution in [0.3, 0.4) is 0 Å². The zero-order valence-electron chi connectivity index (χ0n) is 24.6. The number of carbonyl (C=O) groups excluding carboxylic acids is 3. The van der Waals surface area contributed by atoms with Gasteiger partial charge >= 0.3 is 0 Å². The summed E-state index contributed by atoms with van der Waals surface area (Å²) in [5, 5.41) is 44.8. The van der Waals surface area contributed by atoms with E-state index in [-0.39, 0.29) is 59.9 Å². The van der Waals surface area contributed by atoms with Gasteiger partial charge in [-0.25, -0.2) is 0 Å². The highest BCUT2D eigenvalue weighted by Crippen LogP contribution is 2.52. The Morgan fingerprint density at radius 3 is 2.38 bits per heavy atom. The van der Waals surface area contributed by atoms with Crippen LogP contribution in [0.1, 0.15) is 81.3 Å². The van der Waals surface area contributed by atoms with Crippen molar-refractivity contribution in [3.63, 3.8) is 0 Å². The fourth-order valence-corrected chi connectivity index (χ4v) is 6.34. The average Bonchev–Trinajstić information content (AvgIpc) is 2.99. The second-order valence-electron chi connectivity index (χ2n) is 11.7. The van der Waals surface area contributed by atoms with Gasteiger partial charge in [0.05, 0.1) is 35.0 Å². The third kappa shape index (κ3) is 5.50.